The third-order valence-corrected chi connectivity index (χ3v) is 3.58. The van der Waals surface area contributed by atoms with Gasteiger partial charge in [-0.15, -0.1) is 0 Å². The van der Waals surface area contributed by atoms with Crippen LogP contribution in [0.15, 0.2) is 30.7 Å². The second-order valence-electron chi connectivity index (χ2n) is 5.11. The smallest absolute Gasteiger partial charge is 0.255 e. The molecule has 2 aromatic heterocycles. The summed E-state index contributed by atoms with van der Waals surface area (Å²) in [7, 11) is 0. The van der Waals surface area contributed by atoms with E-state index in [1.807, 2.05) is 33.8 Å². The van der Waals surface area contributed by atoms with Crippen LogP contribution in [0.4, 0.5) is 0 Å². The van der Waals surface area contributed by atoms with Crippen molar-refractivity contribution < 1.29 is 4.79 Å². The number of aromatic nitrogens is 2. The highest BCUT2D eigenvalue weighted by Gasteiger charge is 2.22. The van der Waals surface area contributed by atoms with Gasteiger partial charge in [0.15, 0.2) is 0 Å². The Balaban J connectivity index is 1.86. The molecule has 0 aliphatic carbocycles. The van der Waals surface area contributed by atoms with Crippen molar-refractivity contribution in [2.24, 2.45) is 5.92 Å². The van der Waals surface area contributed by atoms with Gasteiger partial charge in [-0.05, 0) is 30.9 Å². The Morgan fingerprint density at radius 3 is 3.17 bits per heavy atom. The first-order chi connectivity index (χ1) is 8.74. The largest absolute Gasteiger partial charge is 0.338 e. The van der Waals surface area contributed by atoms with Gasteiger partial charge in [0.25, 0.3) is 5.91 Å². The SMILES string of the molecule is CC1CCCN(C(=O)c2ccc3nccn3c2)C1. The van der Waals surface area contributed by atoms with Crippen LogP contribution in [0.2, 0.25) is 0 Å². The molecule has 3 rings (SSSR count). The van der Waals surface area contributed by atoms with Crippen LogP contribution in [0.5, 0.6) is 0 Å². The topological polar surface area (TPSA) is 37.6 Å². The van der Waals surface area contributed by atoms with Crippen LogP contribution in [-0.2, 0) is 0 Å². The van der Waals surface area contributed by atoms with Crippen molar-refractivity contribution in [1.82, 2.24) is 14.3 Å². The molecule has 1 aliphatic rings. The fourth-order valence-corrected chi connectivity index (χ4v) is 2.60. The molecule has 0 N–H and O–H groups in total. The number of piperidine rings is 1. The molecule has 3 heterocycles. The van der Waals surface area contributed by atoms with Crippen LogP contribution in [-0.4, -0.2) is 33.3 Å². The van der Waals surface area contributed by atoms with E-state index in [1.54, 1.807) is 6.20 Å². The lowest BCUT2D eigenvalue weighted by Crippen LogP contribution is -2.39. The summed E-state index contributed by atoms with van der Waals surface area (Å²) in [6.45, 7) is 3.96. The molecule has 18 heavy (non-hydrogen) atoms. The van der Waals surface area contributed by atoms with E-state index in [4.69, 9.17) is 0 Å². The molecule has 4 nitrogen and oxygen atoms in total. The fourth-order valence-electron chi connectivity index (χ4n) is 2.60. The quantitative estimate of drug-likeness (QED) is 0.770. The maximum Gasteiger partial charge on any atom is 0.255 e. The highest BCUT2D eigenvalue weighted by molar-refractivity contribution is 5.94. The Hall–Kier alpha value is -1.84. The van der Waals surface area contributed by atoms with Gasteiger partial charge in [0, 0.05) is 31.7 Å². The van der Waals surface area contributed by atoms with Gasteiger partial charge in [0.1, 0.15) is 5.65 Å². The molecule has 1 saturated heterocycles. The first-order valence-corrected chi connectivity index (χ1v) is 6.46. The summed E-state index contributed by atoms with van der Waals surface area (Å²) < 4.78 is 1.89. The Kier molecular flexibility index (Phi) is 2.78. The van der Waals surface area contributed by atoms with Crippen LogP contribution in [0.3, 0.4) is 0 Å². The zero-order valence-corrected chi connectivity index (χ0v) is 10.5. The fraction of sp³-hybridized carbons (Fsp3) is 0.429. The maximum absolute atomic E-state index is 12.4. The number of hydrogen-bond donors (Lipinski definition) is 0. The molecule has 1 aliphatic heterocycles. The van der Waals surface area contributed by atoms with E-state index in [-0.39, 0.29) is 5.91 Å². The number of likely N-dealkylation sites (tertiary alicyclic amines) is 1. The maximum atomic E-state index is 12.4. The molecule has 0 radical (unpaired) electrons. The number of carbonyl (C=O) groups is 1. The van der Waals surface area contributed by atoms with Crippen molar-refractivity contribution in [3.05, 3.63) is 36.3 Å². The van der Waals surface area contributed by atoms with E-state index in [2.05, 4.69) is 11.9 Å². The van der Waals surface area contributed by atoms with E-state index < -0.39 is 0 Å². The number of rotatable bonds is 1. The van der Waals surface area contributed by atoms with Gasteiger partial charge >= 0.3 is 0 Å². The molecule has 0 spiro atoms. The first-order valence-electron chi connectivity index (χ1n) is 6.46. The van der Waals surface area contributed by atoms with Crippen molar-refractivity contribution in [1.29, 1.82) is 0 Å². The Bertz CT molecular complexity index is 575. The first kappa shape index (κ1) is 11.3. The minimum Gasteiger partial charge on any atom is -0.338 e. The standard InChI is InChI=1S/C14H17N3O/c1-11-3-2-7-17(9-11)14(18)12-4-5-13-15-6-8-16(13)10-12/h4-6,8,10-11H,2-3,7,9H2,1H3. The van der Waals surface area contributed by atoms with Crippen LogP contribution in [0.25, 0.3) is 5.65 Å². The molecule has 0 bridgehead atoms. The van der Waals surface area contributed by atoms with E-state index in [0.717, 1.165) is 30.7 Å². The average Bonchev–Trinajstić information content (AvgIpc) is 2.85. The highest BCUT2D eigenvalue weighted by Crippen LogP contribution is 2.18. The number of fused-ring (bicyclic) bond motifs is 1. The van der Waals surface area contributed by atoms with Gasteiger partial charge in [0.2, 0.25) is 0 Å². The molecular formula is C14H17N3O. The lowest BCUT2D eigenvalue weighted by molar-refractivity contribution is 0.0682. The molecule has 4 heteroatoms. The third-order valence-electron chi connectivity index (χ3n) is 3.58. The molecule has 2 aromatic rings. The van der Waals surface area contributed by atoms with Crippen LogP contribution in [0.1, 0.15) is 30.1 Å². The summed E-state index contributed by atoms with van der Waals surface area (Å²) in [6, 6.07) is 3.75. The van der Waals surface area contributed by atoms with E-state index in [9.17, 15) is 4.79 Å². The molecule has 0 saturated carbocycles. The summed E-state index contributed by atoms with van der Waals surface area (Å²) in [5.74, 6) is 0.747. The normalized spacial score (nSPS) is 20.3. The summed E-state index contributed by atoms with van der Waals surface area (Å²) in [5, 5.41) is 0. The number of nitrogens with zero attached hydrogens (tertiary/aromatic N) is 3. The molecule has 94 valence electrons. The molecule has 1 atom stereocenters. The monoisotopic (exact) mass is 243 g/mol. The Morgan fingerprint density at radius 1 is 1.44 bits per heavy atom. The van der Waals surface area contributed by atoms with Gasteiger partial charge in [-0.3, -0.25) is 4.79 Å². The number of hydrogen-bond acceptors (Lipinski definition) is 2. The summed E-state index contributed by atoms with van der Waals surface area (Å²) in [6.07, 6.45) is 7.81. The van der Waals surface area contributed by atoms with E-state index in [0.29, 0.717) is 5.92 Å². The summed E-state index contributed by atoms with van der Waals surface area (Å²) in [4.78, 5) is 18.5. The lowest BCUT2D eigenvalue weighted by atomic mass is 10.00. The minimum atomic E-state index is 0.136. The van der Waals surface area contributed by atoms with Crippen LogP contribution < -0.4 is 0 Å². The van der Waals surface area contributed by atoms with Crippen molar-refractivity contribution in [3.8, 4) is 0 Å². The molecule has 1 amide bonds. The second-order valence-corrected chi connectivity index (χ2v) is 5.11. The Labute approximate surface area is 106 Å². The molecule has 0 aromatic carbocycles. The summed E-state index contributed by atoms with van der Waals surface area (Å²) in [5.41, 5.74) is 1.62. The predicted octanol–water partition coefficient (Wildman–Crippen LogP) is 2.21. The van der Waals surface area contributed by atoms with Gasteiger partial charge in [-0.25, -0.2) is 4.98 Å². The molecular weight excluding hydrogens is 226 g/mol. The Morgan fingerprint density at radius 2 is 2.33 bits per heavy atom. The molecule has 1 unspecified atom stereocenters. The number of imidazole rings is 1. The zero-order chi connectivity index (χ0) is 12.5. The third kappa shape index (κ3) is 1.98. The molecule has 1 fully saturated rings. The van der Waals surface area contributed by atoms with Gasteiger partial charge in [-0.2, -0.15) is 0 Å². The van der Waals surface area contributed by atoms with Crippen molar-refractivity contribution >= 4 is 11.6 Å². The number of pyridine rings is 1. The van der Waals surface area contributed by atoms with Crippen molar-refractivity contribution in [3.63, 3.8) is 0 Å². The van der Waals surface area contributed by atoms with Crippen molar-refractivity contribution in [2.75, 3.05) is 13.1 Å². The lowest BCUT2D eigenvalue weighted by Gasteiger charge is -2.31. The van der Waals surface area contributed by atoms with Gasteiger partial charge in [0.05, 0.1) is 5.56 Å². The van der Waals surface area contributed by atoms with Crippen LogP contribution >= 0.6 is 0 Å². The zero-order valence-electron chi connectivity index (χ0n) is 10.5. The van der Waals surface area contributed by atoms with E-state index in [1.165, 1.54) is 6.42 Å². The van der Waals surface area contributed by atoms with Crippen LogP contribution in [0, 0.1) is 5.92 Å². The van der Waals surface area contributed by atoms with Crippen molar-refractivity contribution in [2.45, 2.75) is 19.8 Å². The van der Waals surface area contributed by atoms with Gasteiger partial charge in [-0.1, -0.05) is 6.92 Å². The van der Waals surface area contributed by atoms with Gasteiger partial charge < -0.3 is 9.30 Å². The number of carbonyl (C=O) groups excluding carboxylic acids is 1. The minimum absolute atomic E-state index is 0.136. The van der Waals surface area contributed by atoms with E-state index >= 15 is 0 Å². The predicted molar refractivity (Wildman–Crippen MR) is 69.5 cm³/mol. The second kappa shape index (κ2) is 4.44. The number of amides is 1. The average molecular weight is 243 g/mol. The summed E-state index contributed by atoms with van der Waals surface area (Å²) >= 11 is 0. The highest BCUT2D eigenvalue weighted by atomic mass is 16.2.